The number of benzene rings is 1. The predicted molar refractivity (Wildman–Crippen MR) is 79.1 cm³/mol. The van der Waals surface area contributed by atoms with Crippen LogP contribution in [0.4, 0.5) is 0 Å². The first-order chi connectivity index (χ1) is 9.40. The molecule has 20 heavy (non-hydrogen) atoms. The van der Waals surface area contributed by atoms with Gasteiger partial charge >= 0.3 is 0 Å². The molecule has 0 spiro atoms. The van der Waals surface area contributed by atoms with Gasteiger partial charge in [0.05, 0.1) is 0 Å². The second kappa shape index (κ2) is 6.93. The van der Waals surface area contributed by atoms with Gasteiger partial charge in [-0.2, -0.15) is 0 Å². The van der Waals surface area contributed by atoms with Gasteiger partial charge in [0.25, 0.3) is 0 Å². The molecule has 1 aromatic rings. The van der Waals surface area contributed by atoms with Gasteiger partial charge in [-0.15, -0.1) is 0 Å². The van der Waals surface area contributed by atoms with Crippen molar-refractivity contribution in [3.8, 4) is 0 Å². The zero-order valence-electron chi connectivity index (χ0n) is 12.2. The van der Waals surface area contributed by atoms with Gasteiger partial charge < -0.3 is 5.73 Å². The maximum Gasteiger partial charge on any atom is 0.242 e. The minimum absolute atomic E-state index is 0.394. The van der Waals surface area contributed by atoms with Gasteiger partial charge in [-0.05, 0) is 44.8 Å². The van der Waals surface area contributed by atoms with Crippen LogP contribution in [0.1, 0.15) is 30.0 Å². The third kappa shape index (κ3) is 3.98. The molecule has 0 aliphatic carbocycles. The maximum atomic E-state index is 11.8. The van der Waals surface area contributed by atoms with Gasteiger partial charge in [0.1, 0.15) is 5.54 Å². The monoisotopic (exact) mass is 275 g/mol. The molecule has 108 valence electrons. The van der Waals surface area contributed by atoms with Crippen LogP contribution in [0.5, 0.6) is 0 Å². The third-order valence-corrected chi connectivity index (χ3v) is 3.27. The van der Waals surface area contributed by atoms with Crippen molar-refractivity contribution < 1.29 is 4.79 Å². The van der Waals surface area contributed by atoms with E-state index in [0.717, 1.165) is 16.7 Å². The van der Waals surface area contributed by atoms with E-state index in [1.54, 1.807) is 6.92 Å². The van der Waals surface area contributed by atoms with Crippen molar-refractivity contribution in [2.45, 2.75) is 32.7 Å². The molecule has 1 rings (SSSR count). The lowest BCUT2D eigenvalue weighted by atomic mass is 9.88. The number of hydrogen-bond acceptors (Lipinski definition) is 3. The molecule has 1 atom stereocenters. The van der Waals surface area contributed by atoms with E-state index < -0.39 is 11.4 Å². The second-order valence-electron chi connectivity index (χ2n) is 5.10. The van der Waals surface area contributed by atoms with E-state index in [0.29, 0.717) is 19.5 Å². The van der Waals surface area contributed by atoms with Crippen molar-refractivity contribution in [1.82, 2.24) is 5.32 Å². The molecule has 0 saturated heterocycles. The van der Waals surface area contributed by atoms with E-state index in [1.165, 1.54) is 0 Å². The molecule has 1 aromatic carbocycles. The Hall–Kier alpha value is -2.04. The summed E-state index contributed by atoms with van der Waals surface area (Å²) in [6.45, 7) is 6.69. The van der Waals surface area contributed by atoms with Gasteiger partial charge in [0.2, 0.25) is 5.91 Å². The van der Waals surface area contributed by atoms with Crippen LogP contribution in [0.25, 0.3) is 10.4 Å². The molecule has 0 aliphatic rings. The summed E-state index contributed by atoms with van der Waals surface area (Å²) in [5.74, 6) is -0.425. The van der Waals surface area contributed by atoms with Crippen LogP contribution >= 0.6 is 0 Å². The van der Waals surface area contributed by atoms with Crippen LogP contribution in [0, 0.1) is 13.8 Å². The van der Waals surface area contributed by atoms with E-state index >= 15 is 0 Å². The second-order valence-corrected chi connectivity index (χ2v) is 5.10. The number of carbonyl (C=O) groups excluding carboxylic acids is 1. The van der Waals surface area contributed by atoms with Gasteiger partial charge in [-0.25, -0.2) is 0 Å². The first kappa shape index (κ1) is 16.0. The van der Waals surface area contributed by atoms with E-state index in [1.807, 2.05) is 32.0 Å². The number of hydrogen-bond donors (Lipinski definition) is 2. The summed E-state index contributed by atoms with van der Waals surface area (Å²) in [6.07, 6.45) is 0.651. The van der Waals surface area contributed by atoms with Gasteiger partial charge in [0, 0.05) is 11.5 Å². The number of rotatable bonds is 7. The van der Waals surface area contributed by atoms with Crippen molar-refractivity contribution in [2.24, 2.45) is 10.8 Å². The molecular formula is C14H21N5O. The quantitative estimate of drug-likeness (QED) is 0.345. The number of azide groups is 1. The van der Waals surface area contributed by atoms with E-state index in [-0.39, 0.29) is 0 Å². The lowest BCUT2D eigenvalue weighted by Gasteiger charge is -2.29. The molecule has 6 nitrogen and oxygen atoms in total. The first-order valence-corrected chi connectivity index (χ1v) is 6.54. The van der Waals surface area contributed by atoms with Crippen LogP contribution in [-0.4, -0.2) is 19.0 Å². The zero-order valence-corrected chi connectivity index (χ0v) is 12.2. The molecule has 0 aromatic heterocycles. The molecule has 0 fully saturated rings. The Balaban J connectivity index is 2.90. The van der Waals surface area contributed by atoms with Crippen LogP contribution < -0.4 is 11.1 Å². The maximum absolute atomic E-state index is 11.8. The highest BCUT2D eigenvalue weighted by molar-refractivity contribution is 5.85. The minimum Gasteiger partial charge on any atom is -0.368 e. The topological polar surface area (TPSA) is 104 Å². The summed E-state index contributed by atoms with van der Waals surface area (Å²) in [7, 11) is 0. The fraction of sp³-hybridized carbons (Fsp3) is 0.500. The Kier molecular flexibility index (Phi) is 5.55. The summed E-state index contributed by atoms with van der Waals surface area (Å²) in [5.41, 5.74) is 15.9. The molecule has 0 radical (unpaired) electrons. The lowest BCUT2D eigenvalue weighted by Crippen LogP contribution is -2.50. The van der Waals surface area contributed by atoms with E-state index in [2.05, 4.69) is 15.3 Å². The largest absolute Gasteiger partial charge is 0.368 e. The average Bonchev–Trinajstić information content (AvgIpc) is 2.36. The highest BCUT2D eigenvalue weighted by Gasteiger charge is 2.32. The molecule has 0 saturated carbocycles. The highest BCUT2D eigenvalue weighted by atomic mass is 16.1. The van der Waals surface area contributed by atoms with Crippen molar-refractivity contribution >= 4 is 5.91 Å². The summed E-state index contributed by atoms with van der Waals surface area (Å²) in [6, 6.07) is 5.96. The summed E-state index contributed by atoms with van der Waals surface area (Å²) >= 11 is 0. The summed E-state index contributed by atoms with van der Waals surface area (Å²) in [5, 5.41) is 6.63. The molecule has 0 aliphatic heterocycles. The number of nitrogens with one attached hydrogen (secondary N) is 1. The summed E-state index contributed by atoms with van der Waals surface area (Å²) in [4.78, 5) is 14.5. The molecule has 6 heteroatoms. The normalized spacial score (nSPS) is 13.3. The Labute approximate surface area is 119 Å². The van der Waals surface area contributed by atoms with E-state index in [9.17, 15) is 4.79 Å². The molecule has 1 unspecified atom stereocenters. The predicted octanol–water partition coefficient (Wildman–Crippen LogP) is 2.29. The minimum atomic E-state index is -0.923. The molecule has 0 heterocycles. The number of nitrogens with zero attached hydrogens (tertiary/aromatic N) is 3. The van der Waals surface area contributed by atoms with E-state index in [4.69, 9.17) is 11.3 Å². The van der Waals surface area contributed by atoms with Crippen molar-refractivity contribution in [2.75, 3.05) is 13.1 Å². The molecule has 0 bridgehead atoms. The van der Waals surface area contributed by atoms with Crippen LogP contribution in [0.2, 0.25) is 0 Å². The van der Waals surface area contributed by atoms with Crippen LogP contribution in [-0.2, 0) is 10.3 Å². The highest BCUT2D eigenvalue weighted by Crippen LogP contribution is 2.23. The fourth-order valence-corrected chi connectivity index (χ4v) is 2.13. The third-order valence-electron chi connectivity index (χ3n) is 3.27. The zero-order chi connectivity index (χ0) is 15.2. The molecular weight excluding hydrogens is 254 g/mol. The fourth-order valence-electron chi connectivity index (χ4n) is 2.13. The number of nitrogens with two attached hydrogens (primary N) is 1. The number of primary amides is 1. The van der Waals surface area contributed by atoms with Crippen molar-refractivity contribution in [3.63, 3.8) is 0 Å². The molecule has 3 N–H and O–H groups in total. The average molecular weight is 275 g/mol. The Bertz CT molecular complexity index is 516. The standard InChI is InChI=1S/C14H21N5O/c1-10-7-11(2)9-12(8-10)14(3,13(15)20)17-5-4-6-18-19-16/h7-9,17H,4-6H2,1-3H3,(H2,15,20). The first-order valence-electron chi connectivity index (χ1n) is 6.54. The van der Waals surface area contributed by atoms with Gasteiger partial charge in [-0.3, -0.25) is 10.1 Å². The van der Waals surface area contributed by atoms with Crippen LogP contribution in [0.15, 0.2) is 23.3 Å². The Morgan fingerprint density at radius 3 is 2.50 bits per heavy atom. The lowest BCUT2D eigenvalue weighted by molar-refractivity contribution is -0.124. The number of carbonyl (C=O) groups is 1. The van der Waals surface area contributed by atoms with Gasteiger partial charge in [0.15, 0.2) is 0 Å². The smallest absolute Gasteiger partial charge is 0.242 e. The van der Waals surface area contributed by atoms with Crippen LogP contribution in [0.3, 0.4) is 0 Å². The van der Waals surface area contributed by atoms with Crippen molar-refractivity contribution in [1.29, 1.82) is 0 Å². The summed E-state index contributed by atoms with van der Waals surface area (Å²) < 4.78 is 0. The Morgan fingerprint density at radius 1 is 1.40 bits per heavy atom. The van der Waals surface area contributed by atoms with Crippen molar-refractivity contribution in [3.05, 3.63) is 45.3 Å². The SMILES string of the molecule is Cc1cc(C)cc(C(C)(NCCCN=[N+]=[N-])C(N)=O)c1. The number of amides is 1. The number of aryl methyl sites for hydroxylation is 2. The Morgan fingerprint density at radius 2 is 2.00 bits per heavy atom. The van der Waals surface area contributed by atoms with Gasteiger partial charge in [-0.1, -0.05) is 34.4 Å². The molecule has 1 amide bonds.